The fraction of sp³-hybridized carbons (Fsp3) is 0.400. The summed E-state index contributed by atoms with van der Waals surface area (Å²) < 4.78 is 38.5. The summed E-state index contributed by atoms with van der Waals surface area (Å²) in [6, 6.07) is 14.3. The lowest BCUT2D eigenvalue weighted by molar-refractivity contribution is -0.128. The van der Waals surface area contributed by atoms with Crippen molar-refractivity contribution in [3.63, 3.8) is 0 Å². The molecule has 1 heterocycles. The van der Waals surface area contributed by atoms with Crippen LogP contribution in [0, 0.1) is 0 Å². The number of amides is 1. The molecule has 1 unspecified atom stereocenters. The van der Waals surface area contributed by atoms with Gasteiger partial charge in [-0.3, -0.25) is 4.79 Å². The molecule has 0 bridgehead atoms. The van der Waals surface area contributed by atoms with Crippen LogP contribution in [0.25, 0.3) is 6.08 Å². The number of nitrogens with one attached hydrogen (secondary N) is 1. The highest BCUT2D eigenvalue weighted by Gasteiger charge is 2.28. The molecule has 1 amide bonds. The molecule has 4 rings (SSSR count). The number of carbonyl (C=O) groups excluding carboxylic acids is 1. The molecular weight excluding hydrogens is 440 g/mol. The zero-order valence-corrected chi connectivity index (χ0v) is 19.6. The van der Waals surface area contributed by atoms with Gasteiger partial charge in [-0.25, -0.2) is 13.1 Å². The Labute approximate surface area is 195 Å². The van der Waals surface area contributed by atoms with E-state index < -0.39 is 10.0 Å². The van der Waals surface area contributed by atoms with Crippen molar-refractivity contribution >= 4 is 22.0 Å². The van der Waals surface area contributed by atoms with Crippen LogP contribution in [-0.4, -0.2) is 51.6 Å². The Hall–Kier alpha value is -2.68. The van der Waals surface area contributed by atoms with E-state index in [2.05, 4.69) is 4.72 Å². The van der Waals surface area contributed by atoms with Gasteiger partial charge in [-0.15, -0.1) is 0 Å². The first kappa shape index (κ1) is 23.5. The second kappa shape index (κ2) is 10.5. The second-order valence-corrected chi connectivity index (χ2v) is 10.2. The maximum Gasteiger partial charge on any atom is 0.246 e. The third-order valence-electron chi connectivity index (χ3n) is 5.82. The molecule has 1 aliphatic carbocycles. The average molecular weight is 471 g/mol. The second-order valence-electron chi connectivity index (χ2n) is 8.46. The summed E-state index contributed by atoms with van der Waals surface area (Å²) in [6.45, 7) is 1.64. The van der Waals surface area contributed by atoms with Crippen molar-refractivity contribution in [1.82, 2.24) is 9.62 Å². The Kier molecular flexibility index (Phi) is 7.47. The molecule has 2 fully saturated rings. The van der Waals surface area contributed by atoms with E-state index >= 15 is 0 Å². The number of nitrogens with zero attached hydrogens (tertiary/aromatic N) is 1. The monoisotopic (exact) mass is 470 g/mol. The van der Waals surface area contributed by atoms with Gasteiger partial charge in [-0.1, -0.05) is 30.3 Å². The van der Waals surface area contributed by atoms with Crippen molar-refractivity contribution in [2.45, 2.75) is 49.3 Å². The Morgan fingerprint density at radius 2 is 1.91 bits per heavy atom. The van der Waals surface area contributed by atoms with Crippen LogP contribution in [-0.2, 0) is 26.1 Å². The molecule has 2 aromatic carbocycles. The van der Waals surface area contributed by atoms with Crippen LogP contribution in [0.1, 0.15) is 36.8 Å². The fourth-order valence-electron chi connectivity index (χ4n) is 3.83. The first-order chi connectivity index (χ1) is 15.9. The van der Waals surface area contributed by atoms with E-state index in [0.717, 1.165) is 49.2 Å². The minimum absolute atomic E-state index is 0.0283. The van der Waals surface area contributed by atoms with Crippen molar-refractivity contribution in [3.05, 3.63) is 65.7 Å². The number of methoxy groups -OCH3 is 1. The summed E-state index contributed by atoms with van der Waals surface area (Å²) in [6.07, 6.45) is 6.97. The SMILES string of the molecule is COc1ccccc1CN(CC1CCCO1)C(=O)/C=C/c1ccc(S(=O)(=O)NC2CC2)cc1. The first-order valence-corrected chi connectivity index (χ1v) is 12.8. The third-order valence-corrected chi connectivity index (χ3v) is 7.36. The molecule has 8 heteroatoms. The molecule has 0 radical (unpaired) electrons. The van der Waals surface area contributed by atoms with Crippen LogP contribution >= 0.6 is 0 Å². The lowest BCUT2D eigenvalue weighted by Crippen LogP contribution is -2.36. The maximum atomic E-state index is 13.1. The molecule has 1 atom stereocenters. The molecule has 0 aromatic heterocycles. The molecule has 1 aliphatic heterocycles. The summed E-state index contributed by atoms with van der Waals surface area (Å²) in [5.41, 5.74) is 1.68. The van der Waals surface area contributed by atoms with Gasteiger partial charge in [0.25, 0.3) is 0 Å². The number of sulfonamides is 1. The molecule has 2 aromatic rings. The van der Waals surface area contributed by atoms with E-state index in [9.17, 15) is 13.2 Å². The molecule has 1 N–H and O–H groups in total. The van der Waals surface area contributed by atoms with Crippen molar-refractivity contribution < 1.29 is 22.7 Å². The topological polar surface area (TPSA) is 84.9 Å². The van der Waals surface area contributed by atoms with Crippen molar-refractivity contribution in [1.29, 1.82) is 0 Å². The van der Waals surface area contributed by atoms with Crippen molar-refractivity contribution in [3.8, 4) is 5.75 Å². The predicted octanol–water partition coefficient (Wildman–Crippen LogP) is 3.36. The van der Waals surface area contributed by atoms with E-state index in [-0.39, 0.29) is 22.9 Å². The largest absolute Gasteiger partial charge is 0.496 e. The third kappa shape index (κ3) is 6.43. The van der Waals surface area contributed by atoms with Gasteiger partial charge < -0.3 is 14.4 Å². The number of hydrogen-bond acceptors (Lipinski definition) is 5. The average Bonchev–Trinajstić information content (AvgIpc) is 3.47. The summed E-state index contributed by atoms with van der Waals surface area (Å²) in [5.74, 6) is 0.603. The summed E-state index contributed by atoms with van der Waals surface area (Å²) in [7, 11) is -1.87. The number of ether oxygens (including phenoxy) is 2. The van der Waals surface area contributed by atoms with Gasteiger partial charge in [-0.2, -0.15) is 0 Å². The lowest BCUT2D eigenvalue weighted by atomic mass is 10.1. The van der Waals surface area contributed by atoms with E-state index in [1.54, 1.807) is 42.4 Å². The first-order valence-electron chi connectivity index (χ1n) is 11.3. The van der Waals surface area contributed by atoms with E-state index in [1.807, 2.05) is 24.3 Å². The minimum Gasteiger partial charge on any atom is -0.496 e. The van der Waals surface area contributed by atoms with Gasteiger partial charge in [0, 0.05) is 37.4 Å². The standard InChI is InChI=1S/C25H30N2O5S/c1-31-24-7-3-2-5-20(24)17-27(18-22-6-4-16-32-22)25(28)15-10-19-8-13-23(14-9-19)33(29,30)26-21-11-12-21/h2-3,5,7-10,13-15,21-22,26H,4,6,11-12,16-18H2,1H3/b15-10+. The van der Waals surface area contributed by atoms with Gasteiger partial charge in [0.1, 0.15) is 5.75 Å². The molecule has 7 nitrogen and oxygen atoms in total. The Morgan fingerprint density at radius 3 is 2.58 bits per heavy atom. The molecule has 176 valence electrons. The summed E-state index contributed by atoms with van der Waals surface area (Å²) in [4.78, 5) is 15.1. The van der Waals surface area contributed by atoms with Crippen LogP contribution in [0.15, 0.2) is 59.5 Å². The zero-order valence-electron chi connectivity index (χ0n) is 18.8. The van der Waals surface area contributed by atoms with E-state index in [1.165, 1.54) is 6.08 Å². The number of carbonyl (C=O) groups is 1. The van der Waals surface area contributed by atoms with Crippen LogP contribution in [0.3, 0.4) is 0 Å². The smallest absolute Gasteiger partial charge is 0.246 e. The van der Waals surface area contributed by atoms with Crippen LogP contribution < -0.4 is 9.46 Å². The highest BCUT2D eigenvalue weighted by atomic mass is 32.2. The normalized spacial score (nSPS) is 18.5. The summed E-state index contributed by atoms with van der Waals surface area (Å²) in [5, 5.41) is 0. The minimum atomic E-state index is -3.49. The Bertz CT molecular complexity index is 1090. The number of para-hydroxylation sites is 1. The van der Waals surface area contributed by atoms with Gasteiger partial charge >= 0.3 is 0 Å². The molecule has 2 aliphatic rings. The molecule has 0 spiro atoms. The van der Waals surface area contributed by atoms with Crippen LogP contribution in [0.2, 0.25) is 0 Å². The van der Waals surface area contributed by atoms with E-state index in [4.69, 9.17) is 9.47 Å². The molecular formula is C25H30N2O5S. The van der Waals surface area contributed by atoms with Crippen LogP contribution in [0.4, 0.5) is 0 Å². The highest BCUT2D eigenvalue weighted by Crippen LogP contribution is 2.23. The van der Waals surface area contributed by atoms with Crippen molar-refractivity contribution in [2.75, 3.05) is 20.3 Å². The predicted molar refractivity (Wildman–Crippen MR) is 126 cm³/mol. The highest BCUT2D eigenvalue weighted by molar-refractivity contribution is 7.89. The van der Waals surface area contributed by atoms with Crippen molar-refractivity contribution in [2.24, 2.45) is 0 Å². The number of rotatable bonds is 10. The lowest BCUT2D eigenvalue weighted by Gasteiger charge is -2.25. The zero-order chi connectivity index (χ0) is 23.3. The number of benzene rings is 2. The van der Waals surface area contributed by atoms with Gasteiger partial charge in [0.2, 0.25) is 15.9 Å². The Morgan fingerprint density at radius 1 is 1.15 bits per heavy atom. The maximum absolute atomic E-state index is 13.1. The number of hydrogen-bond donors (Lipinski definition) is 1. The van der Waals surface area contributed by atoms with Gasteiger partial charge in [0.05, 0.1) is 18.1 Å². The van der Waals surface area contributed by atoms with Gasteiger partial charge in [0.15, 0.2) is 0 Å². The quantitative estimate of drug-likeness (QED) is 0.539. The van der Waals surface area contributed by atoms with E-state index in [0.29, 0.717) is 13.1 Å². The molecule has 33 heavy (non-hydrogen) atoms. The fourth-order valence-corrected chi connectivity index (χ4v) is 5.13. The summed E-state index contributed by atoms with van der Waals surface area (Å²) >= 11 is 0. The Balaban J connectivity index is 1.46. The van der Waals surface area contributed by atoms with Gasteiger partial charge in [-0.05, 0) is 55.5 Å². The molecule has 1 saturated carbocycles. The van der Waals surface area contributed by atoms with Crippen LogP contribution in [0.5, 0.6) is 5.75 Å². The molecule has 1 saturated heterocycles.